The summed E-state index contributed by atoms with van der Waals surface area (Å²) in [5, 5.41) is 21.2. The Balaban J connectivity index is 2.23. The summed E-state index contributed by atoms with van der Waals surface area (Å²) >= 11 is 0. The zero-order chi connectivity index (χ0) is 19.6. The van der Waals surface area contributed by atoms with Crippen molar-refractivity contribution in [1.82, 2.24) is 10.8 Å². The van der Waals surface area contributed by atoms with Crippen molar-refractivity contribution in [3.05, 3.63) is 35.9 Å². The van der Waals surface area contributed by atoms with Crippen LogP contribution in [0.5, 0.6) is 0 Å². The molecule has 8 nitrogen and oxygen atoms in total. The monoisotopic (exact) mass is 368 g/mol. The Bertz CT molecular complexity index is 557. The third-order valence-electron chi connectivity index (χ3n) is 3.28. The van der Waals surface area contributed by atoms with E-state index in [1.807, 2.05) is 6.07 Å². The maximum Gasteiger partial charge on any atom is 0.408 e. The van der Waals surface area contributed by atoms with Gasteiger partial charge < -0.3 is 25.1 Å². The second-order valence-corrected chi connectivity index (χ2v) is 6.81. The van der Waals surface area contributed by atoms with Crippen LogP contribution >= 0.6 is 0 Å². The summed E-state index contributed by atoms with van der Waals surface area (Å²) in [6.45, 7) is 5.57. The van der Waals surface area contributed by atoms with E-state index in [2.05, 4.69) is 10.8 Å². The molecule has 0 bridgehead atoms. The first-order chi connectivity index (χ1) is 12.2. The van der Waals surface area contributed by atoms with E-state index in [1.54, 1.807) is 45.0 Å². The van der Waals surface area contributed by atoms with Crippen LogP contribution < -0.4 is 10.8 Å². The molecule has 0 aliphatic carbocycles. The van der Waals surface area contributed by atoms with Crippen LogP contribution in [-0.2, 0) is 9.57 Å². The average molecular weight is 368 g/mol. The molecule has 0 radical (unpaired) electrons. The van der Waals surface area contributed by atoms with Crippen LogP contribution in [-0.4, -0.2) is 46.8 Å². The standard InChI is InChI=1S/C18H28N2O6/c1-18(2,3)25-17(24)20-14(15(21)22)11-7-8-12-19-26-16(23)13-9-5-4-6-10-13/h4-6,9-10,14-15,19,21-22H,7-8,11-12H2,1-3H3,(H,20,24). The molecule has 1 amide bonds. The van der Waals surface area contributed by atoms with Gasteiger partial charge in [-0.05, 0) is 52.2 Å². The summed E-state index contributed by atoms with van der Waals surface area (Å²) < 4.78 is 5.09. The van der Waals surface area contributed by atoms with Gasteiger partial charge in [-0.2, -0.15) is 5.48 Å². The topological polar surface area (TPSA) is 117 Å². The normalized spacial score (nSPS) is 12.5. The fourth-order valence-electron chi connectivity index (χ4n) is 2.07. The molecular formula is C18H28N2O6. The number of carbonyl (C=O) groups excluding carboxylic acids is 2. The minimum Gasteiger partial charge on any atom is -0.444 e. The molecule has 1 atom stereocenters. The van der Waals surface area contributed by atoms with Gasteiger partial charge in [0.05, 0.1) is 11.6 Å². The van der Waals surface area contributed by atoms with Crippen molar-refractivity contribution in [3.8, 4) is 0 Å². The lowest BCUT2D eigenvalue weighted by molar-refractivity contribution is -0.0703. The number of hydrogen-bond acceptors (Lipinski definition) is 7. The van der Waals surface area contributed by atoms with Crippen LogP contribution in [0.3, 0.4) is 0 Å². The fraction of sp³-hybridized carbons (Fsp3) is 0.556. The van der Waals surface area contributed by atoms with Crippen molar-refractivity contribution < 1.29 is 29.4 Å². The van der Waals surface area contributed by atoms with Crippen LogP contribution in [0.1, 0.15) is 50.4 Å². The molecule has 0 aliphatic heterocycles. The number of hydrogen-bond donors (Lipinski definition) is 4. The summed E-state index contributed by atoms with van der Waals surface area (Å²) in [5.74, 6) is -0.471. The summed E-state index contributed by atoms with van der Waals surface area (Å²) in [6, 6.07) is 7.76. The molecule has 26 heavy (non-hydrogen) atoms. The number of ether oxygens (including phenoxy) is 1. The number of amides is 1. The quantitative estimate of drug-likeness (QED) is 0.298. The molecule has 0 aromatic heterocycles. The van der Waals surface area contributed by atoms with E-state index in [9.17, 15) is 19.8 Å². The number of unbranched alkanes of at least 4 members (excludes halogenated alkanes) is 1. The summed E-state index contributed by atoms with van der Waals surface area (Å²) in [5.41, 5.74) is 2.36. The van der Waals surface area contributed by atoms with Crippen LogP contribution in [0, 0.1) is 0 Å². The Morgan fingerprint density at radius 3 is 2.35 bits per heavy atom. The van der Waals surface area contributed by atoms with Crippen LogP contribution in [0.25, 0.3) is 0 Å². The molecule has 146 valence electrons. The van der Waals surface area contributed by atoms with Gasteiger partial charge in [-0.1, -0.05) is 18.2 Å². The maximum absolute atomic E-state index is 11.7. The average Bonchev–Trinajstić information content (AvgIpc) is 2.55. The van der Waals surface area contributed by atoms with Crippen molar-refractivity contribution in [1.29, 1.82) is 0 Å². The second-order valence-electron chi connectivity index (χ2n) is 6.81. The van der Waals surface area contributed by atoms with E-state index in [4.69, 9.17) is 9.57 Å². The number of aliphatic hydroxyl groups excluding tert-OH is 1. The Morgan fingerprint density at radius 2 is 1.77 bits per heavy atom. The minimum absolute atomic E-state index is 0.339. The molecule has 1 rings (SSSR count). The molecule has 0 spiro atoms. The first-order valence-electron chi connectivity index (χ1n) is 8.54. The van der Waals surface area contributed by atoms with Gasteiger partial charge in [-0.15, -0.1) is 0 Å². The highest BCUT2D eigenvalue weighted by Crippen LogP contribution is 2.09. The van der Waals surface area contributed by atoms with Gasteiger partial charge in [-0.25, -0.2) is 9.59 Å². The molecule has 1 aromatic rings. The molecule has 0 aliphatic rings. The van der Waals surface area contributed by atoms with Gasteiger partial charge in [0.2, 0.25) is 0 Å². The van der Waals surface area contributed by atoms with Crippen LogP contribution in [0.15, 0.2) is 30.3 Å². The Morgan fingerprint density at radius 1 is 1.12 bits per heavy atom. The Hall–Kier alpha value is -2.16. The highest BCUT2D eigenvalue weighted by molar-refractivity contribution is 5.89. The van der Waals surface area contributed by atoms with Crippen LogP contribution in [0.2, 0.25) is 0 Å². The first kappa shape index (κ1) is 21.9. The van der Waals surface area contributed by atoms with Crippen molar-refractivity contribution >= 4 is 12.1 Å². The molecule has 1 aromatic carbocycles. The summed E-state index contributed by atoms with van der Waals surface area (Å²) in [4.78, 5) is 28.3. The lowest BCUT2D eigenvalue weighted by Gasteiger charge is -2.24. The van der Waals surface area contributed by atoms with E-state index in [-0.39, 0.29) is 0 Å². The van der Waals surface area contributed by atoms with Crippen molar-refractivity contribution in [2.75, 3.05) is 6.54 Å². The number of alkyl carbamates (subject to hydrolysis) is 1. The zero-order valence-electron chi connectivity index (χ0n) is 15.4. The van der Waals surface area contributed by atoms with Crippen molar-refractivity contribution in [3.63, 3.8) is 0 Å². The lowest BCUT2D eigenvalue weighted by Crippen LogP contribution is -2.45. The van der Waals surface area contributed by atoms with E-state index in [0.29, 0.717) is 31.4 Å². The van der Waals surface area contributed by atoms with Crippen molar-refractivity contribution in [2.45, 2.75) is 58.0 Å². The molecule has 8 heteroatoms. The largest absolute Gasteiger partial charge is 0.444 e. The smallest absolute Gasteiger partial charge is 0.408 e. The minimum atomic E-state index is -1.69. The highest BCUT2D eigenvalue weighted by atomic mass is 16.7. The van der Waals surface area contributed by atoms with Gasteiger partial charge in [0.15, 0.2) is 6.29 Å². The summed E-state index contributed by atoms with van der Waals surface area (Å²) in [6.07, 6.45) is -0.864. The molecule has 0 fully saturated rings. The summed E-state index contributed by atoms with van der Waals surface area (Å²) in [7, 11) is 0. The zero-order valence-corrected chi connectivity index (χ0v) is 15.4. The van der Waals surface area contributed by atoms with E-state index >= 15 is 0 Å². The predicted octanol–water partition coefficient (Wildman–Crippen LogP) is 1.72. The molecule has 1 unspecified atom stereocenters. The fourth-order valence-corrected chi connectivity index (χ4v) is 2.07. The predicted molar refractivity (Wildman–Crippen MR) is 95.1 cm³/mol. The maximum atomic E-state index is 11.7. The van der Waals surface area contributed by atoms with Gasteiger partial charge in [-0.3, -0.25) is 0 Å². The van der Waals surface area contributed by atoms with E-state index < -0.39 is 30.0 Å². The Labute approximate surface area is 153 Å². The second kappa shape index (κ2) is 10.7. The molecule has 0 heterocycles. The molecular weight excluding hydrogens is 340 g/mol. The number of carbonyl (C=O) groups is 2. The molecule has 0 saturated heterocycles. The van der Waals surface area contributed by atoms with E-state index in [1.165, 1.54) is 0 Å². The van der Waals surface area contributed by atoms with Gasteiger partial charge in [0.25, 0.3) is 0 Å². The Kier molecular flexibility index (Phi) is 9.04. The SMILES string of the molecule is CC(C)(C)OC(=O)NC(CCCCNOC(=O)c1ccccc1)C(O)O. The molecule has 4 N–H and O–H groups in total. The van der Waals surface area contributed by atoms with Crippen LogP contribution in [0.4, 0.5) is 4.79 Å². The first-order valence-corrected chi connectivity index (χ1v) is 8.54. The van der Waals surface area contributed by atoms with Gasteiger partial charge >= 0.3 is 12.1 Å². The number of aliphatic hydroxyl groups is 2. The van der Waals surface area contributed by atoms with Gasteiger partial charge in [0, 0.05) is 6.54 Å². The third-order valence-corrected chi connectivity index (χ3v) is 3.28. The third kappa shape index (κ3) is 9.36. The van der Waals surface area contributed by atoms with Gasteiger partial charge in [0.1, 0.15) is 5.60 Å². The number of nitrogens with one attached hydrogen (secondary N) is 2. The molecule has 0 saturated carbocycles. The number of benzene rings is 1. The number of hydroxylamine groups is 1. The van der Waals surface area contributed by atoms with Crippen molar-refractivity contribution in [2.24, 2.45) is 0 Å². The number of rotatable bonds is 9. The van der Waals surface area contributed by atoms with E-state index in [0.717, 1.165) is 0 Å². The highest BCUT2D eigenvalue weighted by Gasteiger charge is 2.22. The lowest BCUT2D eigenvalue weighted by atomic mass is 10.1.